The molecule has 0 unspecified atom stereocenters. The van der Waals surface area contributed by atoms with Crippen LogP contribution in [0.5, 0.6) is 5.75 Å². The Balaban J connectivity index is 0.00000220. The van der Waals surface area contributed by atoms with Crippen molar-refractivity contribution in [1.82, 2.24) is 10.6 Å². The first-order valence-electron chi connectivity index (χ1n) is 6.93. The highest BCUT2D eigenvalue weighted by molar-refractivity contribution is 6.30. The van der Waals surface area contributed by atoms with Gasteiger partial charge >= 0.3 is 0 Å². The average Bonchev–Trinajstić information content (AvgIpc) is 2.45. The van der Waals surface area contributed by atoms with Gasteiger partial charge in [0, 0.05) is 11.6 Å². The normalized spacial score (nSPS) is 16.7. The third kappa shape index (κ3) is 6.12. The van der Waals surface area contributed by atoms with Crippen LogP contribution >= 0.6 is 24.0 Å². The van der Waals surface area contributed by atoms with Crippen LogP contribution in [0.4, 0.5) is 0 Å². The van der Waals surface area contributed by atoms with E-state index in [1.54, 1.807) is 24.3 Å². The molecule has 0 saturated carbocycles. The van der Waals surface area contributed by atoms with Gasteiger partial charge in [-0.3, -0.25) is 4.79 Å². The van der Waals surface area contributed by atoms with E-state index in [4.69, 9.17) is 16.3 Å². The summed E-state index contributed by atoms with van der Waals surface area (Å²) in [5.74, 6) is 0.567. The zero-order chi connectivity index (χ0) is 14.4. The van der Waals surface area contributed by atoms with E-state index in [2.05, 4.69) is 17.6 Å². The van der Waals surface area contributed by atoms with Gasteiger partial charge < -0.3 is 15.4 Å². The van der Waals surface area contributed by atoms with E-state index >= 15 is 0 Å². The molecule has 1 amide bonds. The van der Waals surface area contributed by atoms with Gasteiger partial charge in [-0.25, -0.2) is 0 Å². The number of nitrogens with one attached hydrogen (secondary N) is 2. The van der Waals surface area contributed by atoms with Gasteiger partial charge in [-0.1, -0.05) is 18.5 Å². The lowest BCUT2D eigenvalue weighted by atomic mass is 9.81. The van der Waals surface area contributed by atoms with Gasteiger partial charge in [0.15, 0.2) is 6.61 Å². The summed E-state index contributed by atoms with van der Waals surface area (Å²) in [7, 11) is 0. The summed E-state index contributed by atoms with van der Waals surface area (Å²) in [5, 5.41) is 6.94. The maximum Gasteiger partial charge on any atom is 0.257 e. The summed E-state index contributed by atoms with van der Waals surface area (Å²) in [4.78, 5) is 11.8. The second kappa shape index (κ2) is 8.47. The summed E-state index contributed by atoms with van der Waals surface area (Å²) in [6.45, 7) is 5.00. The van der Waals surface area contributed by atoms with E-state index in [0.29, 0.717) is 17.3 Å². The number of carbonyl (C=O) groups excluding carboxylic acids is 1. The van der Waals surface area contributed by atoms with Crippen LogP contribution in [0.3, 0.4) is 0 Å². The number of piperidine rings is 1. The van der Waals surface area contributed by atoms with Gasteiger partial charge in [0.2, 0.25) is 0 Å². The van der Waals surface area contributed by atoms with Gasteiger partial charge in [-0.15, -0.1) is 12.4 Å². The van der Waals surface area contributed by atoms with Crippen molar-refractivity contribution in [3.05, 3.63) is 29.3 Å². The molecule has 1 saturated heterocycles. The van der Waals surface area contributed by atoms with Crippen LogP contribution in [-0.4, -0.2) is 32.1 Å². The smallest absolute Gasteiger partial charge is 0.257 e. The van der Waals surface area contributed by atoms with E-state index in [1.807, 2.05) is 0 Å². The molecular weight excluding hydrogens is 311 g/mol. The number of hydrogen-bond acceptors (Lipinski definition) is 3. The molecule has 1 aliphatic heterocycles. The van der Waals surface area contributed by atoms with Crippen molar-refractivity contribution < 1.29 is 9.53 Å². The number of benzene rings is 1. The summed E-state index contributed by atoms with van der Waals surface area (Å²) < 4.78 is 5.41. The first kappa shape index (κ1) is 18.1. The highest BCUT2D eigenvalue weighted by Gasteiger charge is 2.26. The van der Waals surface area contributed by atoms with Crippen LogP contribution in [-0.2, 0) is 4.79 Å². The summed E-state index contributed by atoms with van der Waals surface area (Å²) in [5.41, 5.74) is 0.196. The number of carbonyl (C=O) groups is 1. The third-order valence-corrected chi connectivity index (χ3v) is 3.96. The fraction of sp³-hybridized carbons (Fsp3) is 0.533. The van der Waals surface area contributed by atoms with E-state index in [0.717, 1.165) is 25.9 Å². The maximum absolute atomic E-state index is 11.8. The highest BCUT2D eigenvalue weighted by Crippen LogP contribution is 2.26. The van der Waals surface area contributed by atoms with Gasteiger partial charge in [0.25, 0.3) is 5.91 Å². The molecule has 118 valence electrons. The van der Waals surface area contributed by atoms with Crippen LogP contribution in [0.25, 0.3) is 0 Å². The number of ether oxygens (including phenoxy) is 1. The van der Waals surface area contributed by atoms with E-state index in [-0.39, 0.29) is 30.3 Å². The minimum absolute atomic E-state index is 0. The first-order valence-corrected chi connectivity index (χ1v) is 7.31. The number of halogens is 2. The van der Waals surface area contributed by atoms with Crippen LogP contribution in [0.1, 0.15) is 19.8 Å². The Morgan fingerprint density at radius 1 is 1.33 bits per heavy atom. The molecule has 1 heterocycles. The molecule has 0 aromatic heterocycles. The predicted octanol–water partition coefficient (Wildman–Crippen LogP) is 2.65. The van der Waals surface area contributed by atoms with Crippen molar-refractivity contribution >= 4 is 29.9 Å². The molecule has 4 nitrogen and oxygen atoms in total. The van der Waals surface area contributed by atoms with Gasteiger partial charge in [-0.05, 0) is 55.6 Å². The van der Waals surface area contributed by atoms with Crippen molar-refractivity contribution in [1.29, 1.82) is 0 Å². The largest absolute Gasteiger partial charge is 0.484 e. The highest BCUT2D eigenvalue weighted by atomic mass is 35.5. The Morgan fingerprint density at radius 3 is 2.57 bits per heavy atom. The van der Waals surface area contributed by atoms with Gasteiger partial charge in [0.05, 0.1) is 0 Å². The van der Waals surface area contributed by atoms with Crippen molar-refractivity contribution in [2.24, 2.45) is 5.41 Å². The Morgan fingerprint density at radius 2 is 1.95 bits per heavy atom. The quantitative estimate of drug-likeness (QED) is 0.871. The SMILES string of the molecule is CC1(CNC(=O)COc2ccc(Cl)cc2)CCNCC1.Cl. The van der Waals surface area contributed by atoms with Gasteiger partial charge in [-0.2, -0.15) is 0 Å². The van der Waals surface area contributed by atoms with Crippen molar-refractivity contribution in [2.45, 2.75) is 19.8 Å². The minimum Gasteiger partial charge on any atom is -0.484 e. The molecule has 0 radical (unpaired) electrons. The van der Waals surface area contributed by atoms with E-state index < -0.39 is 0 Å². The lowest BCUT2D eigenvalue weighted by Gasteiger charge is -2.34. The van der Waals surface area contributed by atoms with E-state index in [1.165, 1.54) is 0 Å². The molecule has 21 heavy (non-hydrogen) atoms. The number of hydrogen-bond donors (Lipinski definition) is 2. The second-order valence-electron chi connectivity index (χ2n) is 5.58. The third-order valence-electron chi connectivity index (χ3n) is 3.71. The summed E-state index contributed by atoms with van der Waals surface area (Å²) in [6, 6.07) is 6.99. The molecule has 1 aromatic carbocycles. The Hall–Kier alpha value is -0.970. The van der Waals surface area contributed by atoms with Crippen molar-refractivity contribution in [2.75, 3.05) is 26.2 Å². The molecule has 0 spiro atoms. The van der Waals surface area contributed by atoms with Crippen molar-refractivity contribution in [3.8, 4) is 5.75 Å². The molecule has 1 aromatic rings. The molecule has 2 N–H and O–H groups in total. The zero-order valence-corrected chi connectivity index (χ0v) is 13.7. The van der Waals surface area contributed by atoms with Crippen LogP contribution < -0.4 is 15.4 Å². The fourth-order valence-electron chi connectivity index (χ4n) is 2.25. The van der Waals surface area contributed by atoms with E-state index in [9.17, 15) is 4.79 Å². The van der Waals surface area contributed by atoms with Crippen LogP contribution in [0.2, 0.25) is 5.02 Å². The predicted molar refractivity (Wildman–Crippen MR) is 87.4 cm³/mol. The Labute approximate surface area is 137 Å². The monoisotopic (exact) mass is 332 g/mol. The maximum atomic E-state index is 11.8. The lowest BCUT2D eigenvalue weighted by Crippen LogP contribution is -2.43. The number of rotatable bonds is 5. The fourth-order valence-corrected chi connectivity index (χ4v) is 2.38. The summed E-state index contributed by atoms with van der Waals surface area (Å²) in [6.07, 6.45) is 2.18. The van der Waals surface area contributed by atoms with Gasteiger partial charge in [0.1, 0.15) is 5.75 Å². The second-order valence-corrected chi connectivity index (χ2v) is 6.02. The molecule has 0 aliphatic carbocycles. The summed E-state index contributed by atoms with van der Waals surface area (Å²) >= 11 is 5.79. The standard InChI is InChI=1S/C15H21ClN2O2.ClH/c1-15(6-8-17-9-7-15)11-18-14(19)10-20-13-4-2-12(16)3-5-13;/h2-5,17H,6-11H2,1H3,(H,18,19);1H. The molecule has 6 heteroatoms. The zero-order valence-electron chi connectivity index (χ0n) is 12.2. The lowest BCUT2D eigenvalue weighted by molar-refractivity contribution is -0.123. The Kier molecular flexibility index (Phi) is 7.29. The van der Waals surface area contributed by atoms with Crippen molar-refractivity contribution in [3.63, 3.8) is 0 Å². The van der Waals surface area contributed by atoms with Crippen LogP contribution in [0.15, 0.2) is 24.3 Å². The topological polar surface area (TPSA) is 50.4 Å². The molecule has 0 atom stereocenters. The minimum atomic E-state index is -0.0836. The molecule has 1 aliphatic rings. The first-order chi connectivity index (χ1) is 9.57. The molecule has 2 rings (SSSR count). The average molecular weight is 333 g/mol. The van der Waals surface area contributed by atoms with Crippen LogP contribution in [0, 0.1) is 5.41 Å². The molecular formula is C15H22Cl2N2O2. The Bertz CT molecular complexity index is 445. The molecule has 1 fully saturated rings. The number of amides is 1. The molecule has 0 bridgehead atoms.